The molecule has 0 atom stereocenters. The van der Waals surface area contributed by atoms with Crippen LogP contribution in [0.4, 0.5) is 13.2 Å². The fourth-order valence-corrected chi connectivity index (χ4v) is 3.42. The minimum Gasteiger partial charge on any atom is -0.507 e. The molecule has 0 fully saturated rings. The largest absolute Gasteiger partial charge is 0.507 e. The summed E-state index contributed by atoms with van der Waals surface area (Å²) in [6, 6.07) is 7.65. The van der Waals surface area contributed by atoms with Crippen molar-refractivity contribution >= 4 is 34.6 Å². The monoisotopic (exact) mass is 406 g/mol. The van der Waals surface area contributed by atoms with Crippen molar-refractivity contribution in [2.75, 3.05) is 6.26 Å². The van der Waals surface area contributed by atoms with E-state index in [1.165, 1.54) is 30.0 Å². The van der Waals surface area contributed by atoms with Crippen molar-refractivity contribution in [1.29, 1.82) is 0 Å². The molecule has 0 amide bonds. The number of allylic oxidation sites excluding steroid dienone is 1. The minimum absolute atomic E-state index is 0.0206. The van der Waals surface area contributed by atoms with Crippen molar-refractivity contribution in [3.8, 4) is 5.75 Å². The van der Waals surface area contributed by atoms with E-state index in [4.69, 9.17) is 4.42 Å². The maximum atomic E-state index is 13.6. The predicted octanol–water partition coefficient (Wildman–Crippen LogP) is 6.39. The summed E-state index contributed by atoms with van der Waals surface area (Å²) in [5.41, 5.74) is 0.762. The van der Waals surface area contributed by atoms with Crippen molar-refractivity contribution in [2.24, 2.45) is 0 Å². The van der Waals surface area contributed by atoms with E-state index in [1.54, 1.807) is 38.3 Å². The minimum atomic E-state index is -4.73. The molecule has 0 bridgehead atoms. The number of thioether (sulfide) groups is 1. The first-order valence-corrected chi connectivity index (χ1v) is 9.54. The van der Waals surface area contributed by atoms with E-state index in [0.717, 1.165) is 11.0 Å². The van der Waals surface area contributed by atoms with Gasteiger partial charge >= 0.3 is 6.18 Å². The van der Waals surface area contributed by atoms with Gasteiger partial charge in [0.05, 0.1) is 0 Å². The molecule has 0 radical (unpaired) electrons. The molecule has 1 N–H and O–H groups in total. The molecule has 7 heteroatoms. The van der Waals surface area contributed by atoms with Crippen LogP contribution in [-0.4, -0.2) is 17.1 Å². The van der Waals surface area contributed by atoms with E-state index in [0.29, 0.717) is 16.7 Å². The molecule has 2 aromatic carbocycles. The molecule has 0 saturated carbocycles. The lowest BCUT2D eigenvalue weighted by atomic mass is 10.0. The number of carbonyl (C=O) groups excluding carboxylic acids is 1. The quantitative estimate of drug-likeness (QED) is 0.310. The Morgan fingerprint density at radius 1 is 1.14 bits per heavy atom. The molecular formula is C21H17F3O3S. The summed E-state index contributed by atoms with van der Waals surface area (Å²) in [5, 5.41) is 9.66. The van der Waals surface area contributed by atoms with Gasteiger partial charge in [0.15, 0.2) is 5.76 Å². The standard InChI is InChI=1S/C21H17F3O3S/c1-11-8-13(9-12(2)19(11)26)4-7-16(25)20-18(21(22,23)24)15-6-5-14(28-3)10-17(15)27-20/h4-10,26H,1-3H3/b7-4+. The first kappa shape index (κ1) is 20.1. The molecule has 146 valence electrons. The highest BCUT2D eigenvalue weighted by Crippen LogP contribution is 2.40. The van der Waals surface area contributed by atoms with Gasteiger partial charge in [0.1, 0.15) is 16.9 Å². The molecule has 0 unspecified atom stereocenters. The van der Waals surface area contributed by atoms with Crippen LogP contribution >= 0.6 is 11.8 Å². The summed E-state index contributed by atoms with van der Waals surface area (Å²) in [6.45, 7) is 3.40. The zero-order chi connectivity index (χ0) is 20.6. The van der Waals surface area contributed by atoms with Crippen LogP contribution in [-0.2, 0) is 6.18 Å². The molecule has 1 heterocycles. The van der Waals surface area contributed by atoms with Crippen LogP contribution in [0.25, 0.3) is 17.0 Å². The Balaban J connectivity index is 2.06. The smallest absolute Gasteiger partial charge is 0.420 e. The number of phenolic OH excluding ortho intramolecular Hbond substituents is 1. The van der Waals surface area contributed by atoms with E-state index in [1.807, 2.05) is 0 Å². The van der Waals surface area contributed by atoms with Crippen molar-refractivity contribution in [3.63, 3.8) is 0 Å². The average molecular weight is 406 g/mol. The maximum Gasteiger partial charge on any atom is 0.420 e. The Morgan fingerprint density at radius 2 is 1.79 bits per heavy atom. The third kappa shape index (κ3) is 3.80. The summed E-state index contributed by atoms with van der Waals surface area (Å²) < 4.78 is 46.1. The topological polar surface area (TPSA) is 50.4 Å². The average Bonchev–Trinajstić information content (AvgIpc) is 3.02. The van der Waals surface area contributed by atoms with Crippen LogP contribution in [0, 0.1) is 13.8 Å². The third-order valence-corrected chi connectivity index (χ3v) is 5.07. The van der Waals surface area contributed by atoms with Crippen molar-refractivity contribution in [2.45, 2.75) is 24.9 Å². The fourth-order valence-electron chi connectivity index (χ4n) is 2.99. The van der Waals surface area contributed by atoms with Crippen LogP contribution in [0.1, 0.15) is 32.8 Å². The third-order valence-electron chi connectivity index (χ3n) is 4.35. The van der Waals surface area contributed by atoms with Crippen LogP contribution in [0.5, 0.6) is 5.75 Å². The lowest BCUT2D eigenvalue weighted by molar-refractivity contribution is -0.137. The predicted molar refractivity (Wildman–Crippen MR) is 104 cm³/mol. The van der Waals surface area contributed by atoms with Gasteiger partial charge in [-0.2, -0.15) is 13.2 Å². The zero-order valence-electron chi connectivity index (χ0n) is 15.3. The Hall–Kier alpha value is -2.67. The lowest BCUT2D eigenvalue weighted by Crippen LogP contribution is -2.10. The Kier molecular flexibility index (Phi) is 5.30. The second kappa shape index (κ2) is 7.39. The van der Waals surface area contributed by atoms with Gasteiger partial charge in [0, 0.05) is 10.3 Å². The summed E-state index contributed by atoms with van der Waals surface area (Å²) in [7, 11) is 0. The Bertz CT molecular complexity index is 1070. The number of carbonyl (C=O) groups is 1. The molecule has 1 aromatic heterocycles. The van der Waals surface area contributed by atoms with E-state index in [-0.39, 0.29) is 16.7 Å². The highest BCUT2D eigenvalue weighted by molar-refractivity contribution is 7.98. The number of furan rings is 1. The second-order valence-electron chi connectivity index (χ2n) is 6.37. The molecule has 0 aliphatic heterocycles. The van der Waals surface area contributed by atoms with Gasteiger partial charge in [-0.1, -0.05) is 6.08 Å². The number of fused-ring (bicyclic) bond motifs is 1. The van der Waals surface area contributed by atoms with Gasteiger partial charge in [-0.15, -0.1) is 11.8 Å². The number of phenols is 1. The summed E-state index contributed by atoms with van der Waals surface area (Å²) in [5.74, 6) is -1.47. The normalized spacial score (nSPS) is 12.2. The van der Waals surface area contributed by atoms with Gasteiger partial charge in [-0.25, -0.2) is 0 Å². The first-order chi connectivity index (χ1) is 13.1. The molecule has 3 nitrogen and oxygen atoms in total. The van der Waals surface area contributed by atoms with Crippen LogP contribution in [0.2, 0.25) is 0 Å². The maximum absolute atomic E-state index is 13.6. The van der Waals surface area contributed by atoms with E-state index >= 15 is 0 Å². The Labute approximate surface area is 163 Å². The zero-order valence-corrected chi connectivity index (χ0v) is 16.2. The van der Waals surface area contributed by atoms with Crippen molar-refractivity contribution < 1.29 is 27.5 Å². The number of alkyl halides is 3. The van der Waals surface area contributed by atoms with Gasteiger partial charge in [0.2, 0.25) is 5.78 Å². The van der Waals surface area contributed by atoms with Gasteiger partial charge in [0.25, 0.3) is 0 Å². The molecule has 0 saturated heterocycles. The molecule has 0 aliphatic rings. The van der Waals surface area contributed by atoms with Gasteiger partial charge < -0.3 is 9.52 Å². The van der Waals surface area contributed by atoms with E-state index in [2.05, 4.69) is 0 Å². The van der Waals surface area contributed by atoms with Crippen LogP contribution in [0.3, 0.4) is 0 Å². The van der Waals surface area contributed by atoms with Crippen molar-refractivity contribution in [1.82, 2.24) is 0 Å². The lowest BCUT2D eigenvalue weighted by Gasteiger charge is -2.06. The molecule has 28 heavy (non-hydrogen) atoms. The highest BCUT2D eigenvalue weighted by atomic mass is 32.2. The number of rotatable bonds is 4. The van der Waals surface area contributed by atoms with Gasteiger partial charge in [-0.3, -0.25) is 4.79 Å². The molecule has 3 rings (SSSR count). The number of aromatic hydroxyl groups is 1. The number of ketones is 1. The number of hydrogen-bond acceptors (Lipinski definition) is 4. The van der Waals surface area contributed by atoms with Crippen LogP contribution in [0.15, 0.2) is 45.7 Å². The van der Waals surface area contributed by atoms with E-state index in [9.17, 15) is 23.1 Å². The summed E-state index contributed by atoms with van der Waals surface area (Å²) in [4.78, 5) is 13.2. The highest BCUT2D eigenvalue weighted by Gasteiger charge is 2.40. The Morgan fingerprint density at radius 3 is 2.36 bits per heavy atom. The number of aryl methyl sites for hydroxylation is 2. The molecule has 0 spiro atoms. The molecule has 3 aromatic rings. The van der Waals surface area contributed by atoms with E-state index < -0.39 is 23.3 Å². The van der Waals surface area contributed by atoms with Crippen LogP contribution < -0.4 is 0 Å². The van der Waals surface area contributed by atoms with Crippen molar-refractivity contribution in [3.05, 3.63) is 64.4 Å². The number of benzene rings is 2. The number of halogens is 3. The summed E-state index contributed by atoms with van der Waals surface area (Å²) in [6.07, 6.45) is -0.474. The molecular weight excluding hydrogens is 389 g/mol. The molecule has 0 aliphatic carbocycles. The van der Waals surface area contributed by atoms with Gasteiger partial charge in [-0.05, 0) is 73.2 Å². The second-order valence-corrected chi connectivity index (χ2v) is 7.25. The number of hydrogen-bond donors (Lipinski definition) is 1. The fraction of sp³-hybridized carbons (Fsp3) is 0.190. The summed E-state index contributed by atoms with van der Waals surface area (Å²) >= 11 is 1.37. The SMILES string of the molecule is CSc1ccc2c(C(F)(F)F)c(C(=O)/C=C/c3cc(C)c(O)c(C)c3)oc2c1. The first-order valence-electron chi connectivity index (χ1n) is 8.32.